The number of H-pyrrole nitrogens is 1. The Morgan fingerprint density at radius 3 is 2.77 bits per heavy atom. The zero-order chi connectivity index (χ0) is 17.9. The lowest BCUT2D eigenvalue weighted by molar-refractivity contribution is 0.288. The number of nitrogens with zero attached hydrogens (tertiary/aromatic N) is 3. The molecule has 0 amide bonds. The standard InChI is InChI=1S/C20H21N5O/c1-13(2)18(20-24-19(25-26-20)14-6-9-21-10-7-14)23-12-15-4-3-5-17-16(15)8-11-22-17/h3-11,13,18,22-23H,12H2,1-2H3. The minimum Gasteiger partial charge on any atom is -0.361 e. The topological polar surface area (TPSA) is 79.6 Å². The summed E-state index contributed by atoms with van der Waals surface area (Å²) in [4.78, 5) is 11.9. The predicted molar refractivity (Wildman–Crippen MR) is 100 cm³/mol. The van der Waals surface area contributed by atoms with Crippen molar-refractivity contribution in [2.45, 2.75) is 26.4 Å². The van der Waals surface area contributed by atoms with Crippen molar-refractivity contribution in [1.82, 2.24) is 25.4 Å². The fourth-order valence-electron chi connectivity index (χ4n) is 3.11. The molecule has 0 aliphatic heterocycles. The Balaban J connectivity index is 1.55. The minimum absolute atomic E-state index is 0.0210. The van der Waals surface area contributed by atoms with E-state index in [0.717, 1.165) is 17.6 Å². The molecule has 1 aromatic carbocycles. The van der Waals surface area contributed by atoms with Gasteiger partial charge in [0.15, 0.2) is 0 Å². The fourth-order valence-corrected chi connectivity index (χ4v) is 3.11. The van der Waals surface area contributed by atoms with Gasteiger partial charge in [0, 0.05) is 41.6 Å². The first-order valence-corrected chi connectivity index (χ1v) is 8.75. The molecule has 0 saturated carbocycles. The van der Waals surface area contributed by atoms with Crippen LogP contribution in [0.15, 0.2) is 59.5 Å². The maximum Gasteiger partial charge on any atom is 0.244 e. The molecule has 3 aromatic heterocycles. The third-order valence-electron chi connectivity index (χ3n) is 4.51. The molecule has 3 heterocycles. The Kier molecular flexibility index (Phi) is 4.50. The maximum absolute atomic E-state index is 5.55. The van der Waals surface area contributed by atoms with Gasteiger partial charge in [-0.25, -0.2) is 0 Å². The molecule has 4 aromatic rings. The van der Waals surface area contributed by atoms with Gasteiger partial charge in [-0.3, -0.25) is 4.98 Å². The number of aromatic amines is 1. The molecule has 6 heteroatoms. The molecule has 1 atom stereocenters. The highest BCUT2D eigenvalue weighted by Crippen LogP contribution is 2.25. The second-order valence-electron chi connectivity index (χ2n) is 6.65. The van der Waals surface area contributed by atoms with E-state index in [1.54, 1.807) is 12.4 Å². The molecule has 4 rings (SSSR count). The number of pyridine rings is 1. The molecule has 0 saturated heterocycles. The van der Waals surface area contributed by atoms with Crippen LogP contribution in [0.2, 0.25) is 0 Å². The van der Waals surface area contributed by atoms with Gasteiger partial charge in [0.2, 0.25) is 11.7 Å². The van der Waals surface area contributed by atoms with Crippen LogP contribution in [0.25, 0.3) is 22.3 Å². The van der Waals surface area contributed by atoms with Crippen LogP contribution in [-0.4, -0.2) is 20.1 Å². The number of rotatable bonds is 6. The zero-order valence-electron chi connectivity index (χ0n) is 14.8. The van der Waals surface area contributed by atoms with Crippen molar-refractivity contribution in [1.29, 1.82) is 0 Å². The lowest BCUT2D eigenvalue weighted by atomic mass is 10.0. The number of hydrogen-bond acceptors (Lipinski definition) is 5. The molecule has 0 radical (unpaired) electrons. The van der Waals surface area contributed by atoms with Crippen LogP contribution in [0.5, 0.6) is 0 Å². The van der Waals surface area contributed by atoms with Crippen LogP contribution >= 0.6 is 0 Å². The van der Waals surface area contributed by atoms with Gasteiger partial charge >= 0.3 is 0 Å². The Hall–Kier alpha value is -2.99. The van der Waals surface area contributed by atoms with E-state index in [1.807, 2.05) is 18.3 Å². The highest BCUT2D eigenvalue weighted by Gasteiger charge is 2.22. The van der Waals surface area contributed by atoms with Gasteiger partial charge in [0.05, 0.1) is 6.04 Å². The van der Waals surface area contributed by atoms with E-state index in [4.69, 9.17) is 4.52 Å². The largest absolute Gasteiger partial charge is 0.361 e. The smallest absolute Gasteiger partial charge is 0.244 e. The number of nitrogens with one attached hydrogen (secondary N) is 2. The van der Waals surface area contributed by atoms with Gasteiger partial charge in [-0.1, -0.05) is 31.1 Å². The van der Waals surface area contributed by atoms with E-state index in [0.29, 0.717) is 17.6 Å². The summed E-state index contributed by atoms with van der Waals surface area (Å²) in [6.45, 7) is 5.01. The second kappa shape index (κ2) is 7.09. The van der Waals surface area contributed by atoms with E-state index in [9.17, 15) is 0 Å². The second-order valence-corrected chi connectivity index (χ2v) is 6.65. The summed E-state index contributed by atoms with van der Waals surface area (Å²) >= 11 is 0. The molecule has 132 valence electrons. The van der Waals surface area contributed by atoms with Crippen molar-refractivity contribution in [2.75, 3.05) is 0 Å². The average Bonchev–Trinajstić information content (AvgIpc) is 3.32. The van der Waals surface area contributed by atoms with Gasteiger partial charge in [0.25, 0.3) is 0 Å². The number of aromatic nitrogens is 4. The summed E-state index contributed by atoms with van der Waals surface area (Å²) in [6.07, 6.45) is 5.41. The van der Waals surface area contributed by atoms with Gasteiger partial charge in [-0.15, -0.1) is 0 Å². The summed E-state index contributed by atoms with van der Waals surface area (Å²) in [5.41, 5.74) is 3.28. The third-order valence-corrected chi connectivity index (χ3v) is 4.51. The van der Waals surface area contributed by atoms with Crippen molar-refractivity contribution in [3.05, 3.63) is 66.4 Å². The number of benzene rings is 1. The van der Waals surface area contributed by atoms with Crippen LogP contribution in [0.1, 0.15) is 31.3 Å². The average molecular weight is 347 g/mol. The summed E-state index contributed by atoms with van der Waals surface area (Å²) in [6, 6.07) is 12.1. The summed E-state index contributed by atoms with van der Waals surface area (Å²) in [5, 5.41) is 8.93. The molecular formula is C20H21N5O. The van der Waals surface area contributed by atoms with Crippen LogP contribution in [0.3, 0.4) is 0 Å². The molecular weight excluding hydrogens is 326 g/mol. The molecule has 0 fully saturated rings. The Morgan fingerprint density at radius 1 is 1.12 bits per heavy atom. The molecule has 0 aliphatic carbocycles. The quantitative estimate of drug-likeness (QED) is 0.549. The van der Waals surface area contributed by atoms with Gasteiger partial charge < -0.3 is 14.8 Å². The van der Waals surface area contributed by atoms with Crippen LogP contribution in [-0.2, 0) is 6.54 Å². The van der Waals surface area contributed by atoms with E-state index in [1.165, 1.54) is 10.9 Å². The van der Waals surface area contributed by atoms with Gasteiger partial charge in [0.1, 0.15) is 0 Å². The van der Waals surface area contributed by atoms with Crippen molar-refractivity contribution < 1.29 is 4.52 Å². The zero-order valence-corrected chi connectivity index (χ0v) is 14.8. The predicted octanol–water partition coefficient (Wildman–Crippen LogP) is 4.10. The first kappa shape index (κ1) is 16.5. The third kappa shape index (κ3) is 3.23. The Morgan fingerprint density at radius 2 is 1.96 bits per heavy atom. The Bertz CT molecular complexity index is 990. The SMILES string of the molecule is CC(C)C(NCc1cccc2[nH]ccc12)c1nc(-c2ccncc2)no1. The molecule has 0 aliphatic rings. The summed E-state index contributed by atoms with van der Waals surface area (Å²) in [7, 11) is 0. The maximum atomic E-state index is 5.55. The van der Waals surface area contributed by atoms with Crippen molar-refractivity contribution in [3.63, 3.8) is 0 Å². The Labute approximate surface area is 151 Å². The molecule has 6 nitrogen and oxygen atoms in total. The van der Waals surface area contributed by atoms with Crippen LogP contribution in [0.4, 0.5) is 0 Å². The summed E-state index contributed by atoms with van der Waals surface area (Å²) in [5.74, 6) is 1.50. The minimum atomic E-state index is -0.0210. The fraction of sp³-hybridized carbons (Fsp3) is 0.250. The van der Waals surface area contributed by atoms with Crippen molar-refractivity contribution in [2.24, 2.45) is 5.92 Å². The lowest BCUT2D eigenvalue weighted by Gasteiger charge is -2.19. The first-order chi connectivity index (χ1) is 12.7. The molecule has 26 heavy (non-hydrogen) atoms. The molecule has 0 spiro atoms. The van der Waals surface area contributed by atoms with E-state index < -0.39 is 0 Å². The van der Waals surface area contributed by atoms with E-state index in [2.05, 4.69) is 63.5 Å². The van der Waals surface area contributed by atoms with Crippen molar-refractivity contribution in [3.8, 4) is 11.4 Å². The summed E-state index contributed by atoms with van der Waals surface area (Å²) < 4.78 is 5.55. The van der Waals surface area contributed by atoms with Crippen LogP contribution < -0.4 is 5.32 Å². The normalized spacial score (nSPS) is 12.7. The highest BCUT2D eigenvalue weighted by atomic mass is 16.5. The van der Waals surface area contributed by atoms with Crippen molar-refractivity contribution >= 4 is 10.9 Å². The van der Waals surface area contributed by atoms with Crippen LogP contribution in [0, 0.1) is 5.92 Å². The van der Waals surface area contributed by atoms with E-state index >= 15 is 0 Å². The monoisotopic (exact) mass is 347 g/mol. The molecule has 1 unspecified atom stereocenters. The number of hydrogen-bond donors (Lipinski definition) is 2. The van der Waals surface area contributed by atoms with E-state index in [-0.39, 0.29) is 6.04 Å². The van der Waals surface area contributed by atoms with Gasteiger partial charge in [-0.2, -0.15) is 4.98 Å². The highest BCUT2D eigenvalue weighted by molar-refractivity contribution is 5.82. The molecule has 2 N–H and O–H groups in total. The molecule has 0 bridgehead atoms. The first-order valence-electron chi connectivity index (χ1n) is 8.75. The number of fused-ring (bicyclic) bond motifs is 1. The lowest BCUT2D eigenvalue weighted by Crippen LogP contribution is -2.25. The van der Waals surface area contributed by atoms with Gasteiger partial charge in [-0.05, 0) is 35.7 Å².